The summed E-state index contributed by atoms with van der Waals surface area (Å²) in [4.78, 5) is 3.95. The van der Waals surface area contributed by atoms with Crippen LogP contribution in [0.4, 0.5) is 5.95 Å². The van der Waals surface area contributed by atoms with Gasteiger partial charge < -0.3 is 10.5 Å². The van der Waals surface area contributed by atoms with Crippen LogP contribution in [0.1, 0.15) is 12.7 Å². The second-order valence-corrected chi connectivity index (χ2v) is 2.15. The maximum atomic E-state index is 5.45. The maximum absolute atomic E-state index is 5.45. The number of ether oxygens (including phenoxy) is 1. The number of anilines is 1. The summed E-state index contributed by atoms with van der Waals surface area (Å²) in [6, 6.07) is 0. The quantitative estimate of drug-likeness (QED) is 0.665. The van der Waals surface area contributed by atoms with E-state index in [9.17, 15) is 0 Å². The Morgan fingerprint density at radius 2 is 2.36 bits per heavy atom. The highest BCUT2D eigenvalue weighted by Gasteiger charge is 2.01. The molecule has 0 spiro atoms. The van der Waals surface area contributed by atoms with E-state index in [1.54, 1.807) is 7.05 Å². The van der Waals surface area contributed by atoms with Gasteiger partial charge in [0.25, 0.3) is 0 Å². The Morgan fingerprint density at radius 3 is 2.82 bits per heavy atom. The Bertz CT molecular complexity index is 213. The molecular formula is C6H12N4O. The zero-order valence-corrected chi connectivity index (χ0v) is 6.74. The van der Waals surface area contributed by atoms with Gasteiger partial charge in [0.1, 0.15) is 6.61 Å². The Kier molecular flexibility index (Phi) is 2.43. The van der Waals surface area contributed by atoms with Gasteiger partial charge >= 0.3 is 0 Å². The molecule has 0 saturated carbocycles. The summed E-state index contributed by atoms with van der Waals surface area (Å²) >= 11 is 0. The first-order valence-corrected chi connectivity index (χ1v) is 3.47. The molecule has 0 atom stereocenters. The average Bonchev–Trinajstić information content (AvgIpc) is 2.28. The van der Waals surface area contributed by atoms with Gasteiger partial charge in [0, 0.05) is 13.7 Å². The molecule has 5 nitrogen and oxygen atoms in total. The van der Waals surface area contributed by atoms with E-state index < -0.39 is 0 Å². The molecule has 0 aromatic carbocycles. The number of nitrogens with zero attached hydrogens (tertiary/aromatic N) is 3. The lowest BCUT2D eigenvalue weighted by Gasteiger charge is -1.92. The summed E-state index contributed by atoms with van der Waals surface area (Å²) in [5.41, 5.74) is 5.45. The molecule has 62 valence electrons. The third-order valence-corrected chi connectivity index (χ3v) is 1.28. The van der Waals surface area contributed by atoms with Crippen LogP contribution in [0.15, 0.2) is 0 Å². The number of aryl methyl sites for hydroxylation is 1. The smallest absolute Gasteiger partial charge is 0.218 e. The lowest BCUT2D eigenvalue weighted by Crippen LogP contribution is -1.98. The largest absolute Gasteiger partial charge is 0.374 e. The van der Waals surface area contributed by atoms with E-state index in [-0.39, 0.29) is 0 Å². The first-order chi connectivity index (χ1) is 5.24. The van der Waals surface area contributed by atoms with Gasteiger partial charge in [-0.3, -0.25) is 0 Å². The lowest BCUT2D eigenvalue weighted by atomic mass is 10.7. The Morgan fingerprint density at radius 1 is 1.64 bits per heavy atom. The fraction of sp³-hybridized carbons (Fsp3) is 0.667. The molecule has 0 aliphatic rings. The van der Waals surface area contributed by atoms with Crippen LogP contribution in [-0.4, -0.2) is 21.4 Å². The van der Waals surface area contributed by atoms with Crippen LogP contribution < -0.4 is 5.73 Å². The van der Waals surface area contributed by atoms with Crippen molar-refractivity contribution in [1.29, 1.82) is 0 Å². The van der Waals surface area contributed by atoms with Crippen molar-refractivity contribution in [1.82, 2.24) is 14.8 Å². The van der Waals surface area contributed by atoms with Crippen molar-refractivity contribution in [3.05, 3.63) is 5.82 Å². The van der Waals surface area contributed by atoms with Crippen molar-refractivity contribution in [3.63, 3.8) is 0 Å². The summed E-state index contributed by atoms with van der Waals surface area (Å²) in [6.07, 6.45) is 0. The van der Waals surface area contributed by atoms with Gasteiger partial charge in [0.15, 0.2) is 5.82 Å². The molecule has 0 amide bonds. The maximum Gasteiger partial charge on any atom is 0.218 e. The third kappa shape index (κ3) is 1.91. The van der Waals surface area contributed by atoms with E-state index in [1.807, 2.05) is 6.92 Å². The summed E-state index contributed by atoms with van der Waals surface area (Å²) in [5, 5.41) is 4.00. The molecule has 1 aromatic rings. The van der Waals surface area contributed by atoms with Crippen LogP contribution in [0.25, 0.3) is 0 Å². The minimum Gasteiger partial charge on any atom is -0.374 e. The topological polar surface area (TPSA) is 66.0 Å². The van der Waals surface area contributed by atoms with Gasteiger partial charge in [-0.2, -0.15) is 10.1 Å². The summed E-state index contributed by atoms with van der Waals surface area (Å²) in [7, 11) is 1.75. The SMILES string of the molecule is CCOCc1nc(N)n(C)n1. The van der Waals surface area contributed by atoms with E-state index >= 15 is 0 Å². The number of aromatic nitrogens is 3. The lowest BCUT2D eigenvalue weighted by molar-refractivity contribution is 0.128. The molecule has 1 rings (SSSR count). The third-order valence-electron chi connectivity index (χ3n) is 1.28. The number of nitrogens with two attached hydrogens (primary N) is 1. The number of nitrogen functional groups attached to an aromatic ring is 1. The summed E-state index contributed by atoms with van der Waals surface area (Å²) in [5.74, 6) is 1.05. The van der Waals surface area contributed by atoms with Gasteiger partial charge in [0.05, 0.1) is 0 Å². The number of hydrogen-bond acceptors (Lipinski definition) is 4. The average molecular weight is 156 g/mol. The Labute approximate surface area is 65.2 Å². The van der Waals surface area contributed by atoms with Gasteiger partial charge in [-0.1, -0.05) is 0 Å². The molecule has 1 heterocycles. The molecule has 2 N–H and O–H groups in total. The zero-order valence-electron chi connectivity index (χ0n) is 6.74. The second kappa shape index (κ2) is 3.34. The Balaban J connectivity index is 2.58. The molecule has 0 unspecified atom stereocenters. The molecule has 0 saturated heterocycles. The first-order valence-electron chi connectivity index (χ1n) is 3.47. The van der Waals surface area contributed by atoms with Crippen molar-refractivity contribution >= 4 is 5.95 Å². The molecule has 0 aliphatic carbocycles. The van der Waals surface area contributed by atoms with Gasteiger partial charge in [-0.05, 0) is 6.92 Å². The highest BCUT2D eigenvalue weighted by atomic mass is 16.5. The number of hydrogen-bond donors (Lipinski definition) is 1. The van der Waals surface area contributed by atoms with Gasteiger partial charge in [0.2, 0.25) is 5.95 Å². The highest BCUT2D eigenvalue weighted by Crippen LogP contribution is 1.98. The highest BCUT2D eigenvalue weighted by molar-refractivity contribution is 5.14. The predicted molar refractivity (Wildman–Crippen MR) is 40.7 cm³/mol. The molecule has 5 heteroatoms. The standard InChI is InChI=1S/C6H12N4O/c1-3-11-4-5-8-6(7)10(2)9-5/h3-4H2,1-2H3,(H2,7,8,9). The minimum atomic E-state index is 0.416. The van der Waals surface area contributed by atoms with E-state index in [2.05, 4.69) is 10.1 Å². The molecule has 0 aliphatic heterocycles. The molecule has 11 heavy (non-hydrogen) atoms. The van der Waals surface area contributed by atoms with Crippen molar-refractivity contribution in [2.45, 2.75) is 13.5 Å². The van der Waals surface area contributed by atoms with Gasteiger partial charge in [-0.25, -0.2) is 4.68 Å². The predicted octanol–water partition coefficient (Wildman–Crippen LogP) is -0.0662. The van der Waals surface area contributed by atoms with Crippen LogP contribution >= 0.6 is 0 Å². The normalized spacial score (nSPS) is 10.4. The monoisotopic (exact) mass is 156 g/mol. The van der Waals surface area contributed by atoms with E-state index in [1.165, 1.54) is 4.68 Å². The summed E-state index contributed by atoms with van der Waals surface area (Å²) in [6.45, 7) is 3.02. The summed E-state index contributed by atoms with van der Waals surface area (Å²) < 4.78 is 6.62. The molecule has 1 aromatic heterocycles. The molecule has 0 bridgehead atoms. The van der Waals surface area contributed by atoms with E-state index in [0.29, 0.717) is 25.0 Å². The molecule has 0 fully saturated rings. The molecule has 0 radical (unpaired) electrons. The van der Waals surface area contributed by atoms with Crippen LogP contribution in [0, 0.1) is 0 Å². The molecular weight excluding hydrogens is 144 g/mol. The van der Waals surface area contributed by atoms with E-state index in [4.69, 9.17) is 10.5 Å². The fourth-order valence-electron chi connectivity index (χ4n) is 0.706. The van der Waals surface area contributed by atoms with Crippen LogP contribution in [-0.2, 0) is 18.4 Å². The number of rotatable bonds is 3. The Hall–Kier alpha value is -1.10. The van der Waals surface area contributed by atoms with Crippen LogP contribution in [0.3, 0.4) is 0 Å². The van der Waals surface area contributed by atoms with Crippen molar-refractivity contribution in [3.8, 4) is 0 Å². The van der Waals surface area contributed by atoms with Crippen LogP contribution in [0.5, 0.6) is 0 Å². The fourth-order valence-corrected chi connectivity index (χ4v) is 0.706. The van der Waals surface area contributed by atoms with Crippen molar-refractivity contribution in [2.75, 3.05) is 12.3 Å². The van der Waals surface area contributed by atoms with Crippen molar-refractivity contribution in [2.24, 2.45) is 7.05 Å². The van der Waals surface area contributed by atoms with Gasteiger partial charge in [-0.15, -0.1) is 0 Å². The minimum absolute atomic E-state index is 0.416. The second-order valence-electron chi connectivity index (χ2n) is 2.15. The zero-order chi connectivity index (χ0) is 8.27. The van der Waals surface area contributed by atoms with E-state index in [0.717, 1.165) is 0 Å². The van der Waals surface area contributed by atoms with Crippen molar-refractivity contribution < 1.29 is 4.74 Å². The van der Waals surface area contributed by atoms with Crippen LogP contribution in [0.2, 0.25) is 0 Å². The first kappa shape index (κ1) is 8.00.